The third-order valence-electron chi connectivity index (χ3n) is 8.08. The minimum atomic E-state index is -3.98. The number of rotatable bonds is 4. The van der Waals surface area contributed by atoms with Crippen molar-refractivity contribution < 1.29 is 16.8 Å². The Balaban J connectivity index is 1.48. The highest BCUT2D eigenvalue weighted by molar-refractivity contribution is 7.91. The second-order valence-corrected chi connectivity index (χ2v) is 14.5. The molecule has 1 heterocycles. The van der Waals surface area contributed by atoms with Gasteiger partial charge in [0.25, 0.3) is 0 Å². The van der Waals surface area contributed by atoms with Crippen LogP contribution in [0.3, 0.4) is 0 Å². The summed E-state index contributed by atoms with van der Waals surface area (Å²) in [6.45, 7) is 0. The molecule has 0 unspecified atom stereocenters. The van der Waals surface area contributed by atoms with Gasteiger partial charge in [-0.1, -0.05) is 48.5 Å². The fourth-order valence-corrected chi connectivity index (χ4v) is 8.49. The first-order chi connectivity index (χ1) is 23.1. The maximum Gasteiger partial charge on any atom is 0.206 e. The standard InChI is InChI=1S/C36H16N6O4S2/c37-17-21(18-38)31-29-15-25(47(43,44)23-7-3-1-4-8-23)11-13-27(29)33-35(31)42-34-28-14-12-26(48(45,46)24-9-5-2-6-10-24)16-30(28)32(36(34)41-33)22(19-39)20-40/h1-16H. The number of benzene rings is 4. The Bertz CT molecular complexity index is 2510. The van der Waals surface area contributed by atoms with Crippen molar-refractivity contribution in [3.63, 3.8) is 0 Å². The molecule has 0 bridgehead atoms. The highest BCUT2D eigenvalue weighted by atomic mass is 32.2. The number of hydrogen-bond acceptors (Lipinski definition) is 10. The van der Waals surface area contributed by atoms with Crippen LogP contribution in [0.25, 0.3) is 33.7 Å². The fourth-order valence-electron chi connectivity index (χ4n) is 5.87. The van der Waals surface area contributed by atoms with Crippen LogP contribution in [0.15, 0.2) is 128 Å². The molecule has 4 aromatic carbocycles. The molecule has 12 heteroatoms. The molecule has 0 N–H and O–H groups in total. The Labute approximate surface area is 274 Å². The third kappa shape index (κ3) is 4.34. The van der Waals surface area contributed by atoms with Gasteiger partial charge in [-0.3, -0.25) is 0 Å². The molecule has 5 aromatic rings. The van der Waals surface area contributed by atoms with Crippen molar-refractivity contribution >= 4 is 30.8 Å². The van der Waals surface area contributed by atoms with Gasteiger partial charge in [-0.25, -0.2) is 26.8 Å². The first kappa shape index (κ1) is 30.0. The van der Waals surface area contributed by atoms with Crippen molar-refractivity contribution in [2.45, 2.75) is 19.6 Å². The van der Waals surface area contributed by atoms with E-state index in [2.05, 4.69) is 0 Å². The zero-order valence-electron chi connectivity index (χ0n) is 24.4. The molecule has 2 aliphatic rings. The highest BCUT2D eigenvalue weighted by Gasteiger charge is 2.38. The first-order valence-corrected chi connectivity index (χ1v) is 17.0. The summed E-state index contributed by atoms with van der Waals surface area (Å²) < 4.78 is 54.0. The molecule has 1 aromatic heterocycles. The first-order valence-electron chi connectivity index (χ1n) is 14.1. The van der Waals surface area contributed by atoms with Gasteiger partial charge in [0.05, 0.1) is 31.0 Å². The second-order valence-electron chi connectivity index (χ2n) is 10.6. The average molecular weight is 661 g/mol. The summed E-state index contributed by atoms with van der Waals surface area (Å²) in [6.07, 6.45) is 0. The fraction of sp³-hybridized carbons (Fsp3) is 0. The predicted molar refractivity (Wildman–Crippen MR) is 171 cm³/mol. The Morgan fingerprint density at radius 1 is 0.438 bits per heavy atom. The van der Waals surface area contributed by atoms with Crippen LogP contribution in [0, 0.1) is 45.3 Å². The van der Waals surface area contributed by atoms with Crippen LogP contribution in [-0.2, 0) is 19.7 Å². The van der Waals surface area contributed by atoms with Gasteiger partial charge in [0.1, 0.15) is 46.8 Å². The van der Waals surface area contributed by atoms with Crippen LogP contribution in [0.1, 0.15) is 22.5 Å². The highest BCUT2D eigenvalue weighted by Crippen LogP contribution is 2.51. The van der Waals surface area contributed by atoms with Gasteiger partial charge >= 0.3 is 0 Å². The maximum absolute atomic E-state index is 13.5. The minimum Gasteiger partial charge on any atom is -0.243 e. The summed E-state index contributed by atoms with van der Waals surface area (Å²) in [5, 5.41) is 39.8. The van der Waals surface area contributed by atoms with Gasteiger partial charge in [-0.2, -0.15) is 21.0 Å². The van der Waals surface area contributed by atoms with Crippen LogP contribution in [0.4, 0.5) is 0 Å². The second kappa shape index (κ2) is 11.0. The summed E-state index contributed by atoms with van der Waals surface area (Å²) in [5.74, 6) is 0. The predicted octanol–water partition coefficient (Wildman–Crippen LogP) is 5.80. The molecule has 10 nitrogen and oxygen atoms in total. The van der Waals surface area contributed by atoms with Gasteiger partial charge in [0.15, 0.2) is 0 Å². The normalized spacial score (nSPS) is 12.3. The molecule has 0 saturated carbocycles. The number of allylic oxidation sites excluding steroid dienone is 2. The molecule has 48 heavy (non-hydrogen) atoms. The molecule has 226 valence electrons. The number of nitriles is 4. The smallest absolute Gasteiger partial charge is 0.206 e. The Morgan fingerprint density at radius 2 is 0.792 bits per heavy atom. The third-order valence-corrected chi connectivity index (χ3v) is 11.6. The van der Waals surface area contributed by atoms with Crippen LogP contribution < -0.4 is 0 Å². The van der Waals surface area contributed by atoms with Crippen molar-refractivity contribution in [2.75, 3.05) is 0 Å². The molecular weight excluding hydrogens is 645 g/mol. The van der Waals surface area contributed by atoms with Crippen LogP contribution in [-0.4, -0.2) is 26.8 Å². The van der Waals surface area contributed by atoms with E-state index in [0.29, 0.717) is 11.1 Å². The topological polar surface area (TPSA) is 189 Å². The van der Waals surface area contributed by atoms with Crippen LogP contribution in [0.2, 0.25) is 0 Å². The Kier molecular flexibility index (Phi) is 6.86. The van der Waals surface area contributed by atoms with Crippen molar-refractivity contribution in [3.05, 3.63) is 131 Å². The molecule has 2 aliphatic carbocycles. The van der Waals surface area contributed by atoms with Crippen molar-refractivity contribution in [3.8, 4) is 46.8 Å². The SMILES string of the molecule is N#CC(C#N)=C1c2cc(S(=O)(=O)c3ccccc3)ccc2-c2nc3c(nc21)-c1ccc(S(=O)(=O)c2ccccc2)cc1C3=C(C#N)C#N. The molecule has 7 rings (SSSR count). The maximum atomic E-state index is 13.5. The summed E-state index contributed by atoms with van der Waals surface area (Å²) in [7, 11) is -7.96. The molecule has 0 spiro atoms. The lowest BCUT2D eigenvalue weighted by molar-refractivity contribution is 0.594. The number of nitrogens with zero attached hydrogens (tertiary/aromatic N) is 6. The van der Waals surface area contributed by atoms with Crippen LogP contribution in [0.5, 0.6) is 0 Å². The van der Waals surface area contributed by atoms with E-state index < -0.39 is 19.7 Å². The van der Waals surface area contributed by atoms with Gasteiger partial charge in [0.2, 0.25) is 19.7 Å². The van der Waals surface area contributed by atoms with E-state index in [1.54, 1.807) is 36.4 Å². The van der Waals surface area contributed by atoms with Crippen LogP contribution >= 0.6 is 0 Å². The average Bonchev–Trinajstić information content (AvgIpc) is 3.60. The number of aromatic nitrogens is 2. The Morgan fingerprint density at radius 3 is 1.12 bits per heavy atom. The molecule has 0 saturated heterocycles. The van der Waals surface area contributed by atoms with Gasteiger partial charge in [-0.15, -0.1) is 0 Å². The van der Waals surface area contributed by atoms with E-state index in [1.807, 2.05) is 24.3 Å². The molecule has 0 fully saturated rings. The Hall–Kier alpha value is -6.70. The zero-order chi connectivity index (χ0) is 33.8. The van der Waals surface area contributed by atoms with Gasteiger partial charge in [-0.05, 0) is 59.7 Å². The zero-order valence-corrected chi connectivity index (χ0v) is 26.0. The number of hydrogen-bond donors (Lipinski definition) is 0. The van der Waals surface area contributed by atoms with E-state index in [-0.39, 0.29) is 75.8 Å². The molecule has 0 atom stereocenters. The van der Waals surface area contributed by atoms with Gasteiger partial charge < -0.3 is 0 Å². The van der Waals surface area contributed by atoms with E-state index in [4.69, 9.17) is 9.97 Å². The molecular formula is C36H16N6O4S2. The van der Waals surface area contributed by atoms with E-state index in [0.717, 1.165) is 0 Å². The summed E-state index contributed by atoms with van der Waals surface area (Å²) >= 11 is 0. The van der Waals surface area contributed by atoms with Crippen molar-refractivity contribution in [1.82, 2.24) is 9.97 Å². The van der Waals surface area contributed by atoms with E-state index >= 15 is 0 Å². The van der Waals surface area contributed by atoms with Gasteiger partial charge in [0, 0.05) is 22.3 Å². The van der Waals surface area contributed by atoms with Crippen molar-refractivity contribution in [1.29, 1.82) is 21.0 Å². The van der Waals surface area contributed by atoms with Crippen molar-refractivity contribution in [2.24, 2.45) is 0 Å². The minimum absolute atomic E-state index is 0.0579. The lowest BCUT2D eigenvalue weighted by Gasteiger charge is -2.08. The van der Waals surface area contributed by atoms with E-state index in [9.17, 15) is 37.9 Å². The quantitative estimate of drug-likeness (QED) is 0.209. The summed E-state index contributed by atoms with van der Waals surface area (Å²) in [4.78, 5) is 9.60. The van der Waals surface area contributed by atoms with E-state index in [1.165, 1.54) is 60.7 Å². The molecule has 0 amide bonds. The lowest BCUT2D eigenvalue weighted by atomic mass is 10.0. The summed E-state index contributed by atoms with van der Waals surface area (Å²) in [5.41, 5.74) is 1.40. The summed E-state index contributed by atoms with van der Waals surface area (Å²) in [6, 6.07) is 31.7. The number of sulfone groups is 2. The number of fused-ring (bicyclic) bond motifs is 6. The monoisotopic (exact) mass is 660 g/mol. The molecule has 0 aliphatic heterocycles. The molecule has 0 radical (unpaired) electrons. The lowest BCUT2D eigenvalue weighted by Crippen LogP contribution is -2.02. The largest absolute Gasteiger partial charge is 0.243 e.